The Kier molecular flexibility index (Phi) is 36.7. The molecule has 0 radical (unpaired) electrons. The van der Waals surface area contributed by atoms with Gasteiger partial charge in [-0.3, -0.25) is 18.6 Å². The van der Waals surface area contributed by atoms with E-state index in [1.807, 2.05) is 0 Å². The van der Waals surface area contributed by atoms with E-state index < -0.39 is 45.1 Å². The average molecular weight is 770 g/mol. The van der Waals surface area contributed by atoms with Gasteiger partial charge in [-0.25, -0.2) is 4.57 Å². The summed E-state index contributed by atoms with van der Waals surface area (Å²) in [5.41, 5.74) is 5.34. The summed E-state index contributed by atoms with van der Waals surface area (Å²) in [7, 11) is -4.61. The van der Waals surface area contributed by atoms with E-state index in [1.165, 1.54) is 70.6 Å². The Balaban J connectivity index is 4.21. The van der Waals surface area contributed by atoms with Crippen molar-refractivity contribution in [3.8, 4) is 0 Å². The number of hydrogen-bond acceptors (Lipinski definition) is 8. The van der Waals surface area contributed by atoms with Crippen molar-refractivity contribution >= 4 is 19.8 Å². The molecule has 11 heteroatoms. The second-order valence-corrected chi connectivity index (χ2v) is 15.2. The summed E-state index contributed by atoms with van der Waals surface area (Å²) in [5.74, 6) is -1.79. The number of esters is 1. The van der Waals surface area contributed by atoms with Gasteiger partial charge in [0.2, 0.25) is 0 Å². The number of nitrogens with two attached hydrogens (primary N) is 1. The molecule has 0 fully saturated rings. The van der Waals surface area contributed by atoms with Gasteiger partial charge < -0.3 is 25.2 Å². The third-order valence-electron chi connectivity index (χ3n) is 8.62. The van der Waals surface area contributed by atoms with Gasteiger partial charge in [0, 0.05) is 13.0 Å². The van der Waals surface area contributed by atoms with Gasteiger partial charge in [0.25, 0.3) is 0 Å². The van der Waals surface area contributed by atoms with Crippen LogP contribution in [0.25, 0.3) is 0 Å². The third kappa shape index (κ3) is 38.0. The molecule has 0 rings (SSSR count). The summed E-state index contributed by atoms with van der Waals surface area (Å²) < 4.78 is 33.2. The molecule has 0 saturated carbocycles. The molecule has 0 heterocycles. The standard InChI is InChI=1S/C42H76NO9P/c1-3-5-7-9-11-13-15-16-17-18-19-20-21-22-23-24-25-26-28-30-32-34-41(44)52-39(37-50-53(47,48)51-38-40(43)42(45)46)36-49-35-33-31-29-27-14-12-10-8-6-4-2/h5,7,11,13,16-17,19-20,39-40H,3-4,6,8-10,12,14-15,18,21-38,43H2,1-2H3,(H,45,46)(H,47,48)/b7-5-,13-11-,17-16-,20-19-. The van der Waals surface area contributed by atoms with Gasteiger partial charge >= 0.3 is 19.8 Å². The van der Waals surface area contributed by atoms with Crippen LogP contribution in [0.3, 0.4) is 0 Å². The van der Waals surface area contributed by atoms with Crippen LogP contribution in [0.15, 0.2) is 48.6 Å². The maximum absolute atomic E-state index is 12.6. The number of unbranched alkanes of at least 4 members (excludes halogenated alkanes) is 17. The van der Waals surface area contributed by atoms with Crippen LogP contribution in [0.5, 0.6) is 0 Å². The van der Waals surface area contributed by atoms with E-state index in [9.17, 15) is 19.0 Å². The van der Waals surface area contributed by atoms with E-state index in [0.29, 0.717) is 13.0 Å². The van der Waals surface area contributed by atoms with E-state index in [-0.39, 0.29) is 13.0 Å². The quantitative estimate of drug-likeness (QED) is 0.0238. The summed E-state index contributed by atoms with van der Waals surface area (Å²) >= 11 is 0. The Morgan fingerprint density at radius 3 is 1.64 bits per heavy atom. The predicted octanol–water partition coefficient (Wildman–Crippen LogP) is 11.1. The van der Waals surface area contributed by atoms with Crippen LogP contribution in [-0.2, 0) is 32.7 Å². The smallest absolute Gasteiger partial charge is 0.472 e. The molecular formula is C42H76NO9P. The van der Waals surface area contributed by atoms with E-state index >= 15 is 0 Å². The highest BCUT2D eigenvalue weighted by Crippen LogP contribution is 2.43. The molecule has 0 aromatic heterocycles. The summed E-state index contributed by atoms with van der Waals surface area (Å²) in [6.45, 7) is 3.74. The fraction of sp³-hybridized carbons (Fsp3) is 0.762. The number of hydrogen-bond donors (Lipinski definition) is 3. The first-order valence-electron chi connectivity index (χ1n) is 20.7. The zero-order valence-electron chi connectivity index (χ0n) is 33.3. The van der Waals surface area contributed by atoms with Crippen molar-refractivity contribution in [3.63, 3.8) is 0 Å². The molecule has 0 aliphatic rings. The zero-order chi connectivity index (χ0) is 39.1. The minimum absolute atomic E-state index is 0.0140. The first-order chi connectivity index (χ1) is 25.7. The van der Waals surface area contributed by atoms with Gasteiger partial charge in [-0.2, -0.15) is 0 Å². The van der Waals surface area contributed by atoms with E-state index in [4.69, 9.17) is 29.4 Å². The maximum atomic E-state index is 12.6. The van der Waals surface area contributed by atoms with Crippen LogP contribution < -0.4 is 5.73 Å². The number of carboxylic acids is 1. The van der Waals surface area contributed by atoms with Crippen LogP contribution in [0, 0.1) is 0 Å². The Labute approximate surface area is 322 Å². The Morgan fingerprint density at radius 2 is 1.09 bits per heavy atom. The van der Waals surface area contributed by atoms with E-state index in [1.54, 1.807) is 0 Å². The summed E-state index contributed by atoms with van der Waals surface area (Å²) in [5, 5.41) is 8.87. The van der Waals surface area contributed by atoms with Crippen LogP contribution in [0.4, 0.5) is 0 Å². The molecule has 0 aliphatic heterocycles. The number of ether oxygens (including phenoxy) is 2. The Morgan fingerprint density at radius 1 is 0.623 bits per heavy atom. The molecule has 0 aliphatic carbocycles. The lowest BCUT2D eigenvalue weighted by molar-refractivity contribution is -0.154. The van der Waals surface area contributed by atoms with Gasteiger partial charge in [-0.1, -0.05) is 159 Å². The number of carboxylic acid groups (broad SMARTS) is 1. The van der Waals surface area contributed by atoms with Gasteiger partial charge in [-0.05, 0) is 51.4 Å². The van der Waals surface area contributed by atoms with Crippen molar-refractivity contribution < 1.29 is 42.7 Å². The molecule has 0 spiro atoms. The highest BCUT2D eigenvalue weighted by molar-refractivity contribution is 7.47. The number of carbonyl (C=O) groups excluding carboxylic acids is 1. The van der Waals surface area contributed by atoms with E-state index in [2.05, 4.69) is 62.5 Å². The summed E-state index contributed by atoms with van der Waals surface area (Å²) in [6.07, 6.45) is 43.1. The number of rotatable bonds is 39. The molecule has 10 nitrogen and oxygen atoms in total. The molecule has 4 N–H and O–H groups in total. The summed E-state index contributed by atoms with van der Waals surface area (Å²) in [4.78, 5) is 33.4. The van der Waals surface area contributed by atoms with Crippen molar-refractivity contribution in [2.75, 3.05) is 26.4 Å². The topological polar surface area (TPSA) is 155 Å². The maximum Gasteiger partial charge on any atom is 0.472 e. The van der Waals surface area contributed by atoms with Gasteiger partial charge in [0.1, 0.15) is 12.1 Å². The molecule has 3 unspecified atom stereocenters. The van der Waals surface area contributed by atoms with Crippen molar-refractivity contribution in [1.29, 1.82) is 0 Å². The molecule has 0 amide bonds. The monoisotopic (exact) mass is 770 g/mol. The molecule has 53 heavy (non-hydrogen) atoms. The highest BCUT2D eigenvalue weighted by atomic mass is 31.2. The van der Waals surface area contributed by atoms with Gasteiger partial charge in [0.05, 0.1) is 19.8 Å². The number of phosphoric ester groups is 1. The number of carbonyl (C=O) groups is 2. The second-order valence-electron chi connectivity index (χ2n) is 13.7. The molecule has 308 valence electrons. The average Bonchev–Trinajstić information content (AvgIpc) is 3.13. The summed E-state index contributed by atoms with van der Waals surface area (Å²) in [6, 6.07) is -1.47. The largest absolute Gasteiger partial charge is 0.480 e. The Hall–Kier alpha value is -2.07. The molecule has 3 atom stereocenters. The van der Waals surface area contributed by atoms with Crippen molar-refractivity contribution in [1.82, 2.24) is 0 Å². The van der Waals surface area contributed by atoms with Crippen molar-refractivity contribution in [2.45, 2.75) is 180 Å². The molecular weight excluding hydrogens is 693 g/mol. The van der Waals surface area contributed by atoms with Crippen LogP contribution in [-0.4, -0.2) is 60.5 Å². The first-order valence-corrected chi connectivity index (χ1v) is 22.2. The third-order valence-corrected chi connectivity index (χ3v) is 9.57. The SMILES string of the molecule is CC/C=C\C/C=C\C/C=C\C/C=C\CCCCCCCCCCC(=O)OC(COCCCCCCCCCCCC)COP(=O)(O)OCC(N)C(=O)O. The zero-order valence-corrected chi connectivity index (χ0v) is 34.2. The number of aliphatic carboxylic acids is 1. The Bertz CT molecular complexity index is 1030. The lowest BCUT2D eigenvalue weighted by Crippen LogP contribution is -2.34. The fourth-order valence-corrected chi connectivity index (χ4v) is 6.20. The highest BCUT2D eigenvalue weighted by Gasteiger charge is 2.27. The number of phosphoric acid groups is 1. The van der Waals surface area contributed by atoms with Crippen molar-refractivity contribution in [3.05, 3.63) is 48.6 Å². The minimum atomic E-state index is -4.61. The van der Waals surface area contributed by atoms with Crippen LogP contribution >= 0.6 is 7.82 Å². The first kappa shape index (κ1) is 50.9. The van der Waals surface area contributed by atoms with Gasteiger partial charge in [0.15, 0.2) is 0 Å². The minimum Gasteiger partial charge on any atom is -0.480 e. The van der Waals surface area contributed by atoms with E-state index in [0.717, 1.165) is 70.6 Å². The molecule has 0 aromatic carbocycles. The predicted molar refractivity (Wildman–Crippen MR) is 217 cm³/mol. The fourth-order valence-electron chi connectivity index (χ4n) is 5.42. The molecule has 0 bridgehead atoms. The lowest BCUT2D eigenvalue weighted by Gasteiger charge is -2.20. The lowest BCUT2D eigenvalue weighted by atomic mass is 10.1. The van der Waals surface area contributed by atoms with Crippen LogP contribution in [0.1, 0.15) is 168 Å². The molecule has 0 aromatic rings. The van der Waals surface area contributed by atoms with Crippen LogP contribution in [0.2, 0.25) is 0 Å². The van der Waals surface area contributed by atoms with Gasteiger partial charge in [-0.15, -0.1) is 0 Å². The molecule has 0 saturated heterocycles. The normalized spacial score (nSPS) is 14.5. The van der Waals surface area contributed by atoms with Crippen molar-refractivity contribution in [2.24, 2.45) is 5.73 Å². The second kappa shape index (κ2) is 38.2. The number of allylic oxidation sites excluding steroid dienone is 8.